The Morgan fingerprint density at radius 3 is 2.10 bits per heavy atom. The van der Waals surface area contributed by atoms with Crippen molar-refractivity contribution in [3.63, 3.8) is 0 Å². The Labute approximate surface area is 258 Å². The lowest BCUT2D eigenvalue weighted by Gasteiger charge is -2.33. The largest absolute Gasteiger partial charge is 0.352 e. The highest BCUT2D eigenvalue weighted by Gasteiger charge is 2.33. The van der Waals surface area contributed by atoms with E-state index in [2.05, 4.69) is 35.1 Å². The summed E-state index contributed by atoms with van der Waals surface area (Å²) in [5.74, 6) is -0.424. The van der Waals surface area contributed by atoms with E-state index in [-0.39, 0.29) is 29.3 Å². The fourth-order valence-corrected chi connectivity index (χ4v) is 6.91. The Kier molecular flexibility index (Phi) is 10.8. The van der Waals surface area contributed by atoms with Crippen LogP contribution in [0.1, 0.15) is 69.9 Å². The first kappa shape index (κ1) is 31.8. The quantitative estimate of drug-likeness (QED) is 0.252. The molecule has 0 heterocycles. The molecule has 42 heavy (non-hydrogen) atoms. The first-order valence-corrected chi connectivity index (χ1v) is 16.8. The van der Waals surface area contributed by atoms with E-state index >= 15 is 0 Å². The van der Waals surface area contributed by atoms with Gasteiger partial charge in [-0.05, 0) is 73.2 Å². The van der Waals surface area contributed by atoms with E-state index in [1.807, 2.05) is 36.4 Å². The number of anilines is 1. The standard InChI is InChI=1S/C33H40BrN3O4S/c1-24(2)27-16-20-30(21-17-27)37(42(40,41)31-12-8-5-9-13-31)23-32(38)36(22-26-14-18-28(34)19-15-26)25(3)33(39)35-29-10-6-4-7-11-29/h5,8-9,12-21,24-25,29H,4,6-7,10-11,22-23H2,1-3H3,(H,35,39)/t25-/m0/s1. The minimum absolute atomic E-state index is 0.0905. The zero-order chi connectivity index (χ0) is 30.3. The summed E-state index contributed by atoms with van der Waals surface area (Å²) in [4.78, 5) is 29.1. The average Bonchev–Trinajstić information content (AvgIpc) is 3.00. The minimum atomic E-state index is -4.08. The molecule has 2 amide bonds. The van der Waals surface area contributed by atoms with Gasteiger partial charge in [0.15, 0.2) is 0 Å². The van der Waals surface area contributed by atoms with Gasteiger partial charge in [0.25, 0.3) is 10.0 Å². The minimum Gasteiger partial charge on any atom is -0.352 e. The van der Waals surface area contributed by atoms with E-state index in [0.717, 1.165) is 45.6 Å². The highest BCUT2D eigenvalue weighted by molar-refractivity contribution is 9.10. The Balaban J connectivity index is 1.67. The molecule has 0 aliphatic heterocycles. The Morgan fingerprint density at radius 2 is 1.50 bits per heavy atom. The van der Waals surface area contributed by atoms with Crippen molar-refractivity contribution in [1.29, 1.82) is 0 Å². The summed E-state index contributed by atoms with van der Waals surface area (Å²) in [5.41, 5.74) is 2.29. The number of carbonyl (C=O) groups excluding carboxylic acids is 2. The third-order valence-electron chi connectivity index (χ3n) is 7.84. The summed E-state index contributed by atoms with van der Waals surface area (Å²) in [6.45, 7) is 5.56. The lowest BCUT2D eigenvalue weighted by Crippen LogP contribution is -2.53. The molecular formula is C33H40BrN3O4S. The number of hydrogen-bond donors (Lipinski definition) is 1. The van der Waals surface area contributed by atoms with Gasteiger partial charge in [-0.3, -0.25) is 13.9 Å². The number of benzene rings is 3. The van der Waals surface area contributed by atoms with E-state index < -0.39 is 28.5 Å². The lowest BCUT2D eigenvalue weighted by molar-refractivity contribution is -0.139. The maximum Gasteiger partial charge on any atom is 0.264 e. The molecule has 4 rings (SSSR count). The Bertz CT molecular complexity index is 1440. The first-order chi connectivity index (χ1) is 20.1. The molecule has 224 valence electrons. The zero-order valence-electron chi connectivity index (χ0n) is 24.5. The topological polar surface area (TPSA) is 86.8 Å². The fourth-order valence-electron chi connectivity index (χ4n) is 5.21. The maximum absolute atomic E-state index is 14.1. The van der Waals surface area contributed by atoms with E-state index in [1.165, 1.54) is 23.5 Å². The fraction of sp³-hybridized carbons (Fsp3) is 0.394. The molecule has 9 heteroatoms. The van der Waals surface area contributed by atoms with Gasteiger partial charge >= 0.3 is 0 Å². The van der Waals surface area contributed by atoms with Crippen LogP contribution in [0.4, 0.5) is 5.69 Å². The van der Waals surface area contributed by atoms with Gasteiger partial charge in [-0.15, -0.1) is 0 Å². The second kappa shape index (κ2) is 14.3. The number of hydrogen-bond acceptors (Lipinski definition) is 4. The van der Waals surface area contributed by atoms with E-state index in [1.54, 1.807) is 37.3 Å². The lowest BCUT2D eigenvalue weighted by atomic mass is 9.95. The van der Waals surface area contributed by atoms with Crippen molar-refractivity contribution in [2.45, 2.75) is 82.3 Å². The molecular weight excluding hydrogens is 614 g/mol. The molecule has 0 unspecified atom stereocenters. The van der Waals surface area contributed by atoms with Crippen LogP contribution in [0.2, 0.25) is 0 Å². The van der Waals surface area contributed by atoms with Gasteiger partial charge in [-0.25, -0.2) is 8.42 Å². The van der Waals surface area contributed by atoms with Gasteiger partial charge in [0.05, 0.1) is 10.6 Å². The molecule has 3 aromatic carbocycles. The Hall–Kier alpha value is -3.17. The molecule has 0 radical (unpaired) electrons. The van der Waals surface area contributed by atoms with E-state index in [0.29, 0.717) is 5.69 Å². The monoisotopic (exact) mass is 653 g/mol. The number of nitrogens with zero attached hydrogens (tertiary/aromatic N) is 2. The molecule has 1 fully saturated rings. The van der Waals surface area contributed by atoms with Crippen LogP contribution in [0, 0.1) is 0 Å². The average molecular weight is 655 g/mol. The molecule has 0 spiro atoms. The predicted octanol–water partition coefficient (Wildman–Crippen LogP) is 6.63. The second-order valence-corrected chi connectivity index (χ2v) is 14.0. The van der Waals surface area contributed by atoms with Crippen molar-refractivity contribution in [1.82, 2.24) is 10.2 Å². The van der Waals surface area contributed by atoms with Gasteiger partial charge < -0.3 is 10.2 Å². The molecule has 3 aromatic rings. The van der Waals surface area contributed by atoms with Crippen molar-refractivity contribution >= 4 is 43.5 Å². The molecule has 1 atom stereocenters. The highest BCUT2D eigenvalue weighted by atomic mass is 79.9. The van der Waals surface area contributed by atoms with Crippen LogP contribution in [-0.2, 0) is 26.2 Å². The van der Waals surface area contributed by atoms with Gasteiger partial charge in [0, 0.05) is 17.1 Å². The first-order valence-electron chi connectivity index (χ1n) is 14.6. The molecule has 1 N–H and O–H groups in total. The third-order valence-corrected chi connectivity index (χ3v) is 10.2. The Morgan fingerprint density at radius 1 is 0.881 bits per heavy atom. The predicted molar refractivity (Wildman–Crippen MR) is 171 cm³/mol. The van der Waals surface area contributed by atoms with Crippen molar-refractivity contribution in [3.8, 4) is 0 Å². The SMILES string of the molecule is CC(C)c1ccc(N(CC(=O)N(Cc2ccc(Br)cc2)[C@@H](C)C(=O)NC2CCCCC2)S(=O)(=O)c2ccccc2)cc1. The second-order valence-electron chi connectivity index (χ2n) is 11.2. The molecule has 0 bridgehead atoms. The van der Waals surface area contributed by atoms with Gasteiger partial charge in [0.1, 0.15) is 12.6 Å². The zero-order valence-corrected chi connectivity index (χ0v) is 26.9. The summed E-state index contributed by atoms with van der Waals surface area (Å²) in [5, 5.41) is 3.13. The molecule has 1 aliphatic rings. The van der Waals surface area contributed by atoms with Crippen molar-refractivity contribution < 1.29 is 18.0 Å². The summed E-state index contributed by atoms with van der Waals surface area (Å²) in [6, 6.07) is 22.2. The molecule has 0 aromatic heterocycles. The van der Waals surface area contributed by atoms with Gasteiger partial charge in [-0.1, -0.05) is 91.5 Å². The number of nitrogens with one attached hydrogen (secondary N) is 1. The summed E-state index contributed by atoms with van der Waals surface area (Å²) >= 11 is 3.45. The number of halogens is 1. The number of carbonyl (C=O) groups is 2. The van der Waals surface area contributed by atoms with Crippen LogP contribution >= 0.6 is 15.9 Å². The van der Waals surface area contributed by atoms with E-state index in [9.17, 15) is 18.0 Å². The smallest absolute Gasteiger partial charge is 0.264 e. The van der Waals surface area contributed by atoms with Crippen LogP contribution in [-0.4, -0.2) is 43.8 Å². The molecule has 7 nitrogen and oxygen atoms in total. The van der Waals surface area contributed by atoms with Crippen molar-refractivity contribution in [2.24, 2.45) is 0 Å². The number of sulfonamides is 1. The van der Waals surface area contributed by atoms with Gasteiger partial charge in [-0.2, -0.15) is 0 Å². The van der Waals surface area contributed by atoms with Crippen LogP contribution < -0.4 is 9.62 Å². The van der Waals surface area contributed by atoms with Crippen LogP contribution in [0.15, 0.2) is 88.2 Å². The molecule has 1 saturated carbocycles. The highest BCUT2D eigenvalue weighted by Crippen LogP contribution is 2.27. The third kappa shape index (κ3) is 8.01. The number of amides is 2. The molecule has 1 aliphatic carbocycles. The number of rotatable bonds is 11. The van der Waals surface area contributed by atoms with Gasteiger partial charge in [0.2, 0.25) is 11.8 Å². The van der Waals surface area contributed by atoms with E-state index in [4.69, 9.17) is 0 Å². The van der Waals surface area contributed by atoms with Crippen LogP contribution in [0.5, 0.6) is 0 Å². The summed E-state index contributed by atoms with van der Waals surface area (Å²) in [7, 11) is -4.08. The summed E-state index contributed by atoms with van der Waals surface area (Å²) in [6.07, 6.45) is 5.16. The van der Waals surface area contributed by atoms with Crippen molar-refractivity contribution in [3.05, 3.63) is 94.5 Å². The summed E-state index contributed by atoms with van der Waals surface area (Å²) < 4.78 is 29.9. The van der Waals surface area contributed by atoms with Crippen molar-refractivity contribution in [2.75, 3.05) is 10.8 Å². The van der Waals surface area contributed by atoms with Crippen LogP contribution in [0.3, 0.4) is 0 Å². The molecule has 0 saturated heterocycles. The maximum atomic E-state index is 14.1. The normalized spacial score (nSPS) is 14.8. The van der Waals surface area contributed by atoms with Crippen LogP contribution in [0.25, 0.3) is 0 Å².